The molecule has 1 saturated heterocycles. The molecule has 1 heterocycles. The molecule has 0 spiro atoms. The highest BCUT2D eigenvalue weighted by atomic mass is 79.9. The van der Waals surface area contributed by atoms with Gasteiger partial charge in [-0.3, -0.25) is 0 Å². The molecular formula is C12H14BrF2NS. The van der Waals surface area contributed by atoms with Crippen LogP contribution in [0.25, 0.3) is 0 Å². The van der Waals surface area contributed by atoms with Crippen molar-refractivity contribution in [2.75, 3.05) is 5.75 Å². The normalized spacial score (nSPS) is 21.8. The first-order valence-corrected chi connectivity index (χ1v) is 7.43. The highest BCUT2D eigenvalue weighted by molar-refractivity contribution is 9.10. The molecule has 1 aromatic carbocycles. The molecule has 2 N–H and O–H groups in total. The number of benzene rings is 1. The zero-order chi connectivity index (χ0) is 12.4. The van der Waals surface area contributed by atoms with E-state index in [2.05, 4.69) is 15.9 Å². The predicted octanol–water partition coefficient (Wildman–Crippen LogP) is 3.49. The summed E-state index contributed by atoms with van der Waals surface area (Å²) in [5, 5.41) is 0.327. The second kappa shape index (κ2) is 5.67. The minimum absolute atomic E-state index is 0.0966. The van der Waals surface area contributed by atoms with Crippen molar-refractivity contribution < 1.29 is 8.78 Å². The molecule has 2 atom stereocenters. The molecule has 17 heavy (non-hydrogen) atoms. The summed E-state index contributed by atoms with van der Waals surface area (Å²) < 4.78 is 27.6. The van der Waals surface area contributed by atoms with E-state index in [1.165, 1.54) is 12.1 Å². The van der Waals surface area contributed by atoms with Crippen molar-refractivity contribution in [2.24, 2.45) is 5.73 Å². The Kier molecular flexibility index (Phi) is 4.44. The van der Waals surface area contributed by atoms with E-state index in [0.29, 0.717) is 9.72 Å². The van der Waals surface area contributed by atoms with Gasteiger partial charge in [-0.25, -0.2) is 8.78 Å². The number of nitrogens with two attached hydrogens (primary N) is 1. The van der Waals surface area contributed by atoms with Gasteiger partial charge in [-0.15, -0.1) is 0 Å². The summed E-state index contributed by atoms with van der Waals surface area (Å²) in [6.07, 6.45) is 2.45. The van der Waals surface area contributed by atoms with Crippen LogP contribution in [0.2, 0.25) is 0 Å². The lowest BCUT2D eigenvalue weighted by molar-refractivity contribution is 0.522. The van der Waals surface area contributed by atoms with E-state index in [0.717, 1.165) is 18.6 Å². The highest BCUT2D eigenvalue weighted by Gasteiger charge is 2.25. The van der Waals surface area contributed by atoms with Crippen molar-refractivity contribution in [3.05, 3.63) is 33.8 Å². The van der Waals surface area contributed by atoms with E-state index in [-0.39, 0.29) is 18.0 Å². The lowest BCUT2D eigenvalue weighted by atomic mass is 10.0. The average molecular weight is 322 g/mol. The van der Waals surface area contributed by atoms with Gasteiger partial charge < -0.3 is 5.73 Å². The third-order valence-electron chi connectivity index (χ3n) is 3.02. The van der Waals surface area contributed by atoms with Crippen LogP contribution < -0.4 is 5.73 Å². The summed E-state index contributed by atoms with van der Waals surface area (Å²) in [5.41, 5.74) is 6.13. The first-order valence-electron chi connectivity index (χ1n) is 5.59. The first kappa shape index (κ1) is 13.3. The van der Waals surface area contributed by atoms with Gasteiger partial charge in [0, 0.05) is 16.9 Å². The molecule has 0 saturated carbocycles. The Hall–Kier alpha value is -0.130. The predicted molar refractivity (Wildman–Crippen MR) is 71.2 cm³/mol. The third-order valence-corrected chi connectivity index (χ3v) is 5.17. The van der Waals surface area contributed by atoms with Gasteiger partial charge in [-0.05, 0) is 53.1 Å². The molecule has 0 radical (unpaired) electrons. The molecule has 2 unspecified atom stereocenters. The van der Waals surface area contributed by atoms with E-state index in [1.54, 1.807) is 11.8 Å². The van der Waals surface area contributed by atoms with E-state index < -0.39 is 11.6 Å². The smallest absolute Gasteiger partial charge is 0.143 e. The fraction of sp³-hybridized carbons (Fsp3) is 0.500. The van der Waals surface area contributed by atoms with Crippen LogP contribution in [0.5, 0.6) is 0 Å². The summed E-state index contributed by atoms with van der Waals surface area (Å²) in [5.74, 6) is 0.0644. The summed E-state index contributed by atoms with van der Waals surface area (Å²) in [4.78, 5) is 0. The quantitative estimate of drug-likeness (QED) is 0.862. The monoisotopic (exact) mass is 321 g/mol. The van der Waals surface area contributed by atoms with Gasteiger partial charge in [-0.2, -0.15) is 11.8 Å². The molecule has 0 aromatic heterocycles. The maximum absolute atomic E-state index is 13.8. The lowest BCUT2D eigenvalue weighted by Crippen LogP contribution is -2.33. The van der Waals surface area contributed by atoms with E-state index in [1.807, 2.05) is 0 Å². The van der Waals surface area contributed by atoms with Crippen molar-refractivity contribution in [3.8, 4) is 0 Å². The fourth-order valence-corrected chi connectivity index (χ4v) is 3.75. The number of thioether (sulfide) groups is 1. The van der Waals surface area contributed by atoms with Crippen molar-refractivity contribution in [3.63, 3.8) is 0 Å². The Balaban J connectivity index is 2.14. The van der Waals surface area contributed by atoms with E-state index >= 15 is 0 Å². The Bertz CT molecular complexity index is 408. The van der Waals surface area contributed by atoms with Gasteiger partial charge in [-0.1, -0.05) is 0 Å². The minimum Gasteiger partial charge on any atom is -0.326 e. The number of halogens is 3. The zero-order valence-electron chi connectivity index (χ0n) is 9.26. The van der Waals surface area contributed by atoms with Gasteiger partial charge in [0.15, 0.2) is 0 Å². The van der Waals surface area contributed by atoms with E-state index in [9.17, 15) is 8.78 Å². The van der Waals surface area contributed by atoms with Crippen molar-refractivity contribution in [2.45, 2.75) is 30.6 Å². The number of rotatable bonds is 3. The number of hydrogen-bond acceptors (Lipinski definition) is 2. The molecule has 0 amide bonds. The topological polar surface area (TPSA) is 26.0 Å². The van der Waals surface area contributed by atoms with Crippen molar-refractivity contribution >= 4 is 27.7 Å². The second-order valence-electron chi connectivity index (χ2n) is 4.24. The standard InChI is InChI=1S/C12H14BrF2NS/c13-8-3-4-9(14)7(12(8)15)6-10(16)11-2-1-5-17-11/h3-4,10-11H,1-2,5-6,16H2. The van der Waals surface area contributed by atoms with Gasteiger partial charge in [0.05, 0.1) is 4.47 Å². The van der Waals surface area contributed by atoms with Crippen molar-refractivity contribution in [1.29, 1.82) is 0 Å². The highest BCUT2D eigenvalue weighted by Crippen LogP contribution is 2.30. The van der Waals surface area contributed by atoms with Crippen LogP contribution in [-0.2, 0) is 6.42 Å². The van der Waals surface area contributed by atoms with E-state index in [4.69, 9.17) is 5.73 Å². The maximum atomic E-state index is 13.8. The molecule has 1 aliphatic rings. The van der Waals surface area contributed by atoms with Crippen LogP contribution in [0.15, 0.2) is 16.6 Å². The zero-order valence-corrected chi connectivity index (χ0v) is 11.7. The summed E-state index contributed by atoms with van der Waals surface area (Å²) >= 11 is 4.87. The van der Waals surface area contributed by atoms with Crippen LogP contribution in [-0.4, -0.2) is 17.0 Å². The molecule has 0 aliphatic carbocycles. The molecule has 1 aliphatic heterocycles. The third kappa shape index (κ3) is 3.01. The fourth-order valence-electron chi connectivity index (χ4n) is 2.06. The Morgan fingerprint density at radius 2 is 2.24 bits per heavy atom. The molecule has 2 rings (SSSR count). The second-order valence-corrected chi connectivity index (χ2v) is 6.44. The first-order chi connectivity index (χ1) is 8.09. The lowest BCUT2D eigenvalue weighted by Gasteiger charge is -2.19. The largest absolute Gasteiger partial charge is 0.326 e. The van der Waals surface area contributed by atoms with Crippen LogP contribution >= 0.6 is 27.7 Å². The van der Waals surface area contributed by atoms with Crippen LogP contribution in [0.1, 0.15) is 18.4 Å². The molecule has 1 aromatic rings. The minimum atomic E-state index is -0.525. The van der Waals surface area contributed by atoms with Gasteiger partial charge >= 0.3 is 0 Å². The molecule has 94 valence electrons. The van der Waals surface area contributed by atoms with Gasteiger partial charge in [0.25, 0.3) is 0 Å². The summed E-state index contributed by atoms with van der Waals surface area (Å²) in [6.45, 7) is 0. The van der Waals surface area contributed by atoms with Gasteiger partial charge in [0.1, 0.15) is 11.6 Å². The van der Waals surface area contributed by atoms with Gasteiger partial charge in [0.2, 0.25) is 0 Å². The summed E-state index contributed by atoms with van der Waals surface area (Å²) in [7, 11) is 0. The maximum Gasteiger partial charge on any atom is 0.143 e. The number of hydrogen-bond donors (Lipinski definition) is 1. The van der Waals surface area contributed by atoms with Crippen LogP contribution in [0.4, 0.5) is 8.78 Å². The molecule has 0 bridgehead atoms. The Labute approximate surface area is 112 Å². The molecular weight excluding hydrogens is 308 g/mol. The molecule has 1 fully saturated rings. The van der Waals surface area contributed by atoms with Crippen molar-refractivity contribution in [1.82, 2.24) is 0 Å². The van der Waals surface area contributed by atoms with Crippen LogP contribution in [0, 0.1) is 11.6 Å². The molecule has 1 nitrogen and oxygen atoms in total. The molecule has 5 heteroatoms. The Morgan fingerprint density at radius 3 is 2.88 bits per heavy atom. The Morgan fingerprint density at radius 1 is 1.47 bits per heavy atom. The summed E-state index contributed by atoms with van der Waals surface area (Å²) in [6, 6.07) is 2.47. The van der Waals surface area contributed by atoms with Crippen LogP contribution in [0.3, 0.4) is 0 Å². The SMILES string of the molecule is NC(Cc1c(F)ccc(Br)c1F)C1CCCS1. The average Bonchev–Trinajstić information content (AvgIpc) is 2.83.